The van der Waals surface area contributed by atoms with Crippen LogP contribution >= 0.6 is 38.9 Å². The summed E-state index contributed by atoms with van der Waals surface area (Å²) in [6.45, 7) is 1.88. The Labute approximate surface area is 125 Å². The minimum Gasteiger partial charge on any atom is -0.249 e. The van der Waals surface area contributed by atoms with Gasteiger partial charge < -0.3 is 0 Å². The van der Waals surface area contributed by atoms with E-state index in [0.717, 1.165) is 9.88 Å². The summed E-state index contributed by atoms with van der Waals surface area (Å²) in [5.41, 5.74) is 0.212. The number of halogens is 3. The zero-order chi connectivity index (χ0) is 13.6. The van der Waals surface area contributed by atoms with Crippen molar-refractivity contribution in [3.63, 3.8) is 0 Å². The normalized spacial score (nSPS) is 11.2. The average Bonchev–Trinajstić information content (AvgIpc) is 2.77. The molecule has 0 radical (unpaired) electrons. The predicted octanol–water partition coefficient (Wildman–Crippen LogP) is 4.62. The van der Waals surface area contributed by atoms with Crippen LogP contribution in [0.2, 0.25) is 5.15 Å². The zero-order valence-electron chi connectivity index (χ0n) is 9.62. The van der Waals surface area contributed by atoms with Gasteiger partial charge in [0.2, 0.25) is 0 Å². The van der Waals surface area contributed by atoms with Gasteiger partial charge in [-0.2, -0.15) is 0 Å². The monoisotopic (exact) mass is 357 g/mol. The van der Waals surface area contributed by atoms with E-state index < -0.39 is 5.82 Å². The molecule has 2 aromatic heterocycles. The molecule has 96 valence electrons. The molecule has 2 heterocycles. The molecule has 7 heteroatoms. The Kier molecular flexibility index (Phi) is 3.24. The first-order valence-electron chi connectivity index (χ1n) is 5.29. The number of hydrogen-bond donors (Lipinski definition) is 0. The molecule has 19 heavy (non-hydrogen) atoms. The third kappa shape index (κ3) is 2.35. The number of rotatable bonds is 1. The number of thiazole rings is 1. The van der Waals surface area contributed by atoms with E-state index in [1.807, 2.05) is 6.92 Å². The van der Waals surface area contributed by atoms with Crippen molar-refractivity contribution in [2.75, 3.05) is 0 Å². The highest BCUT2D eigenvalue weighted by atomic mass is 79.9. The van der Waals surface area contributed by atoms with Gasteiger partial charge in [0, 0.05) is 16.1 Å². The van der Waals surface area contributed by atoms with E-state index in [9.17, 15) is 4.39 Å². The molecule has 0 atom stereocenters. The molecule has 0 saturated heterocycles. The number of aryl methyl sites for hydroxylation is 1. The second-order valence-electron chi connectivity index (χ2n) is 3.87. The van der Waals surface area contributed by atoms with E-state index in [1.165, 1.54) is 17.4 Å². The maximum absolute atomic E-state index is 13.9. The van der Waals surface area contributed by atoms with Gasteiger partial charge in [-0.15, -0.1) is 11.3 Å². The molecule has 0 N–H and O–H groups in total. The third-order valence-electron chi connectivity index (χ3n) is 2.51. The summed E-state index contributed by atoms with van der Waals surface area (Å²) < 4.78 is 14.5. The minimum atomic E-state index is -0.434. The Balaban J connectivity index is 2.30. The van der Waals surface area contributed by atoms with Gasteiger partial charge in [0.1, 0.15) is 10.7 Å². The molecular weight excluding hydrogens is 353 g/mol. The molecule has 0 unspecified atom stereocenters. The van der Waals surface area contributed by atoms with E-state index in [0.29, 0.717) is 15.7 Å². The molecule has 0 aliphatic heterocycles. The Morgan fingerprint density at radius 2 is 2.11 bits per heavy atom. The van der Waals surface area contributed by atoms with Crippen LogP contribution in [0.3, 0.4) is 0 Å². The lowest BCUT2D eigenvalue weighted by molar-refractivity contribution is 0.636. The second kappa shape index (κ2) is 4.77. The second-order valence-corrected chi connectivity index (χ2v) is 6.37. The number of fused-ring (bicyclic) bond motifs is 1. The third-order valence-corrected chi connectivity index (χ3v) is 4.17. The van der Waals surface area contributed by atoms with Crippen molar-refractivity contribution in [3.05, 3.63) is 38.8 Å². The highest BCUT2D eigenvalue weighted by Crippen LogP contribution is 2.30. The topological polar surface area (TPSA) is 38.7 Å². The van der Waals surface area contributed by atoms with Crippen LogP contribution in [0.15, 0.2) is 22.8 Å². The molecule has 0 spiro atoms. The maximum atomic E-state index is 13.9. The van der Waals surface area contributed by atoms with E-state index in [1.54, 1.807) is 12.3 Å². The summed E-state index contributed by atoms with van der Waals surface area (Å²) in [4.78, 5) is 13.3. The molecular formula is C12H6BrClFN3S. The molecule has 0 saturated carbocycles. The number of hydrogen-bond acceptors (Lipinski definition) is 4. The standard InChI is InChI=1S/C12H6BrClFN3S/c1-5-16-4-9(19-5)12-17-10-7(11(14)18-12)2-6(13)3-8(10)15/h2-4H,1H3. The van der Waals surface area contributed by atoms with Crippen LogP contribution in [0.5, 0.6) is 0 Å². The van der Waals surface area contributed by atoms with E-state index in [2.05, 4.69) is 30.9 Å². The summed E-state index contributed by atoms with van der Waals surface area (Å²) in [6, 6.07) is 3.05. The zero-order valence-corrected chi connectivity index (χ0v) is 12.8. The van der Waals surface area contributed by atoms with Gasteiger partial charge >= 0.3 is 0 Å². The van der Waals surface area contributed by atoms with Crippen LogP contribution in [0.4, 0.5) is 4.39 Å². The summed E-state index contributed by atoms with van der Waals surface area (Å²) in [5, 5.41) is 1.61. The lowest BCUT2D eigenvalue weighted by atomic mass is 10.2. The molecule has 0 bridgehead atoms. The molecule has 0 aliphatic rings. The lowest BCUT2D eigenvalue weighted by Gasteiger charge is -2.04. The smallest absolute Gasteiger partial charge is 0.173 e. The maximum Gasteiger partial charge on any atom is 0.173 e. The van der Waals surface area contributed by atoms with Gasteiger partial charge in [-0.05, 0) is 19.1 Å². The summed E-state index contributed by atoms with van der Waals surface area (Å²) in [7, 11) is 0. The Morgan fingerprint density at radius 3 is 2.79 bits per heavy atom. The fourth-order valence-corrected chi connectivity index (χ4v) is 3.06. The lowest BCUT2D eigenvalue weighted by Crippen LogP contribution is -1.93. The summed E-state index contributed by atoms with van der Waals surface area (Å²) >= 11 is 10.8. The predicted molar refractivity (Wildman–Crippen MR) is 78.1 cm³/mol. The van der Waals surface area contributed by atoms with Gasteiger partial charge in [-0.1, -0.05) is 27.5 Å². The largest absolute Gasteiger partial charge is 0.249 e. The number of nitrogens with zero attached hydrogens (tertiary/aromatic N) is 3. The molecule has 3 rings (SSSR count). The Bertz CT molecular complexity index is 790. The van der Waals surface area contributed by atoms with Crippen molar-refractivity contribution < 1.29 is 4.39 Å². The Hall–Kier alpha value is -1.11. The fourth-order valence-electron chi connectivity index (χ4n) is 1.70. The quantitative estimate of drug-likeness (QED) is 0.596. The van der Waals surface area contributed by atoms with Crippen LogP contribution < -0.4 is 0 Å². The van der Waals surface area contributed by atoms with Gasteiger partial charge in [-0.3, -0.25) is 0 Å². The molecule has 1 aromatic carbocycles. The fraction of sp³-hybridized carbons (Fsp3) is 0.0833. The summed E-state index contributed by atoms with van der Waals surface area (Å²) in [5.74, 6) is -0.0412. The van der Waals surface area contributed by atoms with Crippen molar-refractivity contribution in [2.24, 2.45) is 0 Å². The van der Waals surface area contributed by atoms with E-state index in [4.69, 9.17) is 11.6 Å². The van der Waals surface area contributed by atoms with Crippen molar-refractivity contribution >= 4 is 49.8 Å². The van der Waals surface area contributed by atoms with Crippen molar-refractivity contribution in [1.82, 2.24) is 15.0 Å². The minimum absolute atomic E-state index is 0.212. The van der Waals surface area contributed by atoms with E-state index in [-0.39, 0.29) is 10.7 Å². The highest BCUT2D eigenvalue weighted by Gasteiger charge is 2.13. The SMILES string of the molecule is Cc1ncc(-c2nc(Cl)c3cc(Br)cc(F)c3n2)s1. The first-order chi connectivity index (χ1) is 9.04. The Morgan fingerprint density at radius 1 is 1.32 bits per heavy atom. The van der Waals surface area contributed by atoms with Crippen molar-refractivity contribution in [3.8, 4) is 10.7 Å². The van der Waals surface area contributed by atoms with E-state index >= 15 is 0 Å². The molecule has 0 amide bonds. The summed E-state index contributed by atoms with van der Waals surface area (Å²) in [6.07, 6.45) is 1.66. The molecule has 0 aliphatic carbocycles. The van der Waals surface area contributed by atoms with Crippen LogP contribution in [0.25, 0.3) is 21.6 Å². The highest BCUT2D eigenvalue weighted by molar-refractivity contribution is 9.10. The van der Waals surface area contributed by atoms with Crippen LogP contribution in [-0.4, -0.2) is 15.0 Å². The van der Waals surface area contributed by atoms with Gasteiger partial charge in [0.25, 0.3) is 0 Å². The first kappa shape index (κ1) is 12.9. The van der Waals surface area contributed by atoms with Gasteiger partial charge in [0.15, 0.2) is 11.6 Å². The average molecular weight is 359 g/mol. The molecule has 3 aromatic rings. The van der Waals surface area contributed by atoms with Crippen LogP contribution in [0.1, 0.15) is 5.01 Å². The van der Waals surface area contributed by atoms with Gasteiger partial charge in [-0.25, -0.2) is 19.3 Å². The van der Waals surface area contributed by atoms with Crippen LogP contribution in [0, 0.1) is 12.7 Å². The molecule has 3 nitrogen and oxygen atoms in total. The van der Waals surface area contributed by atoms with Crippen molar-refractivity contribution in [1.29, 1.82) is 0 Å². The van der Waals surface area contributed by atoms with Crippen molar-refractivity contribution in [2.45, 2.75) is 6.92 Å². The molecule has 0 fully saturated rings. The first-order valence-corrected chi connectivity index (χ1v) is 7.28. The van der Waals surface area contributed by atoms with Crippen LogP contribution in [-0.2, 0) is 0 Å². The van der Waals surface area contributed by atoms with Gasteiger partial charge in [0.05, 0.1) is 9.88 Å². The number of benzene rings is 1. The number of aromatic nitrogens is 3.